The number of rotatable bonds is 3. The molecular formula is C30H35NO10. The standard InChI is InChI=1S/C30H35NO10/c1-28(2,3)39-25(34)31(26(35)40-29(4,5)6)23-20-16(12-11-13-19(20)37-10)24(38-27(36)41-30(7,8)9)22-18(33)15-14-17(32)21(22)23/h11-15H,1-10H3. The van der Waals surface area contributed by atoms with E-state index in [2.05, 4.69) is 0 Å². The number of ether oxygens (including phenoxy) is 5. The fourth-order valence-corrected chi connectivity index (χ4v) is 3.98. The van der Waals surface area contributed by atoms with Crippen LogP contribution in [0.25, 0.3) is 10.8 Å². The molecule has 1 aliphatic rings. The Balaban J connectivity index is 2.52. The maximum absolute atomic E-state index is 13.7. The van der Waals surface area contributed by atoms with Gasteiger partial charge in [-0.15, -0.1) is 0 Å². The summed E-state index contributed by atoms with van der Waals surface area (Å²) in [5.74, 6) is -1.66. The third-order valence-electron chi connectivity index (χ3n) is 5.27. The van der Waals surface area contributed by atoms with Crippen molar-refractivity contribution in [2.24, 2.45) is 0 Å². The number of carbonyl (C=O) groups is 5. The van der Waals surface area contributed by atoms with Crippen molar-refractivity contribution < 1.29 is 47.7 Å². The van der Waals surface area contributed by atoms with Gasteiger partial charge in [-0.05, 0) is 80.5 Å². The van der Waals surface area contributed by atoms with Crippen molar-refractivity contribution in [1.82, 2.24) is 0 Å². The first kappa shape index (κ1) is 31.1. The second kappa shape index (κ2) is 10.9. The molecular weight excluding hydrogens is 534 g/mol. The topological polar surface area (TPSA) is 135 Å². The van der Waals surface area contributed by atoms with E-state index >= 15 is 0 Å². The van der Waals surface area contributed by atoms with Crippen LogP contribution in [0.5, 0.6) is 11.5 Å². The van der Waals surface area contributed by atoms with Gasteiger partial charge in [0.1, 0.15) is 22.6 Å². The maximum atomic E-state index is 13.7. The number of nitrogens with zero attached hydrogens (tertiary/aromatic N) is 1. The predicted octanol–water partition coefficient (Wildman–Crippen LogP) is 6.77. The highest BCUT2D eigenvalue weighted by Gasteiger charge is 2.41. The summed E-state index contributed by atoms with van der Waals surface area (Å²) >= 11 is 0. The molecule has 0 saturated heterocycles. The molecule has 0 unspecified atom stereocenters. The molecule has 0 N–H and O–H groups in total. The van der Waals surface area contributed by atoms with Gasteiger partial charge in [0.05, 0.1) is 29.3 Å². The predicted molar refractivity (Wildman–Crippen MR) is 150 cm³/mol. The Bertz CT molecular complexity index is 1440. The van der Waals surface area contributed by atoms with Crippen molar-refractivity contribution in [2.75, 3.05) is 12.0 Å². The Morgan fingerprint density at radius 3 is 1.66 bits per heavy atom. The molecule has 2 aromatic rings. The Morgan fingerprint density at radius 1 is 0.707 bits per heavy atom. The van der Waals surface area contributed by atoms with Crippen LogP contribution in [-0.4, -0.2) is 53.8 Å². The molecule has 0 aromatic heterocycles. The van der Waals surface area contributed by atoms with Gasteiger partial charge < -0.3 is 23.7 Å². The van der Waals surface area contributed by atoms with E-state index in [1.807, 2.05) is 0 Å². The van der Waals surface area contributed by atoms with Crippen molar-refractivity contribution in [2.45, 2.75) is 79.1 Å². The summed E-state index contributed by atoms with van der Waals surface area (Å²) in [6, 6.07) is 4.55. The largest absolute Gasteiger partial charge is 0.514 e. The van der Waals surface area contributed by atoms with E-state index in [4.69, 9.17) is 23.7 Å². The molecule has 0 heterocycles. The van der Waals surface area contributed by atoms with E-state index in [0.717, 1.165) is 12.2 Å². The number of methoxy groups -OCH3 is 1. The number of allylic oxidation sites excluding steroid dienone is 2. The molecule has 1 aliphatic carbocycles. The van der Waals surface area contributed by atoms with Crippen LogP contribution in [-0.2, 0) is 14.2 Å². The Labute approximate surface area is 238 Å². The number of fused-ring (bicyclic) bond motifs is 2. The first-order valence-corrected chi connectivity index (χ1v) is 12.8. The molecule has 0 atom stereocenters. The maximum Gasteiger partial charge on any atom is 0.514 e. The first-order valence-electron chi connectivity index (χ1n) is 12.8. The van der Waals surface area contributed by atoms with Crippen LogP contribution in [0.1, 0.15) is 83.0 Å². The van der Waals surface area contributed by atoms with E-state index in [0.29, 0.717) is 4.90 Å². The van der Waals surface area contributed by atoms with Gasteiger partial charge in [0, 0.05) is 5.39 Å². The minimum absolute atomic E-state index is 0.0143. The van der Waals surface area contributed by atoms with Gasteiger partial charge in [0.25, 0.3) is 0 Å². The lowest BCUT2D eigenvalue weighted by molar-refractivity contribution is 0.0206. The van der Waals surface area contributed by atoms with E-state index in [1.165, 1.54) is 19.2 Å². The third kappa shape index (κ3) is 7.03. The smallest absolute Gasteiger partial charge is 0.496 e. The van der Waals surface area contributed by atoms with Gasteiger partial charge in [-0.1, -0.05) is 12.1 Å². The lowest BCUT2D eigenvalue weighted by atomic mass is 9.87. The summed E-state index contributed by atoms with van der Waals surface area (Å²) in [6.07, 6.45) is -1.47. The number of carbonyl (C=O) groups excluding carboxylic acids is 5. The highest BCUT2D eigenvalue weighted by atomic mass is 16.7. The molecule has 11 heteroatoms. The average molecular weight is 570 g/mol. The van der Waals surface area contributed by atoms with Crippen molar-refractivity contribution in [3.63, 3.8) is 0 Å². The van der Waals surface area contributed by atoms with Crippen LogP contribution in [0.15, 0.2) is 30.4 Å². The lowest BCUT2D eigenvalue weighted by Gasteiger charge is -2.31. The van der Waals surface area contributed by atoms with Crippen LogP contribution in [0.2, 0.25) is 0 Å². The first-order chi connectivity index (χ1) is 18.7. The zero-order valence-corrected chi connectivity index (χ0v) is 24.9. The lowest BCUT2D eigenvalue weighted by Crippen LogP contribution is -2.45. The molecule has 0 spiro atoms. The van der Waals surface area contributed by atoms with E-state index in [-0.39, 0.29) is 39.1 Å². The van der Waals surface area contributed by atoms with Gasteiger partial charge in [-0.25, -0.2) is 14.4 Å². The molecule has 11 nitrogen and oxygen atoms in total. The summed E-state index contributed by atoms with van der Waals surface area (Å²) in [5.41, 5.74) is -4.11. The van der Waals surface area contributed by atoms with Crippen LogP contribution in [0.3, 0.4) is 0 Å². The zero-order chi connectivity index (χ0) is 31.1. The summed E-state index contributed by atoms with van der Waals surface area (Å²) in [6.45, 7) is 14.5. The van der Waals surface area contributed by atoms with Gasteiger partial charge >= 0.3 is 18.3 Å². The summed E-state index contributed by atoms with van der Waals surface area (Å²) in [5, 5.41) is 0.0954. The van der Waals surface area contributed by atoms with Gasteiger partial charge in [-0.3, -0.25) is 9.59 Å². The number of benzene rings is 2. The van der Waals surface area contributed by atoms with Crippen LogP contribution in [0, 0.1) is 0 Å². The number of hydrogen-bond acceptors (Lipinski definition) is 10. The molecule has 0 fully saturated rings. The molecule has 2 aromatic carbocycles. The van der Waals surface area contributed by atoms with Crippen LogP contribution >= 0.6 is 0 Å². The van der Waals surface area contributed by atoms with Crippen LogP contribution in [0.4, 0.5) is 20.1 Å². The van der Waals surface area contributed by atoms with Gasteiger partial charge in [0.15, 0.2) is 17.3 Å². The fraction of sp³-hybridized carbons (Fsp3) is 0.433. The van der Waals surface area contributed by atoms with Gasteiger partial charge in [0.2, 0.25) is 0 Å². The zero-order valence-electron chi connectivity index (χ0n) is 24.9. The molecule has 0 bridgehead atoms. The van der Waals surface area contributed by atoms with E-state index in [9.17, 15) is 24.0 Å². The molecule has 3 rings (SSSR count). The van der Waals surface area contributed by atoms with Crippen LogP contribution < -0.4 is 14.4 Å². The Hall–Kier alpha value is -4.41. The highest BCUT2D eigenvalue weighted by molar-refractivity contribution is 6.32. The molecule has 0 aliphatic heterocycles. The number of anilines is 1. The summed E-state index contributed by atoms with van der Waals surface area (Å²) in [7, 11) is 1.34. The average Bonchev–Trinajstić information content (AvgIpc) is 2.78. The molecule has 2 amide bonds. The quantitative estimate of drug-likeness (QED) is 0.221. The number of amides is 2. The second-order valence-electron chi connectivity index (χ2n) is 12.2. The molecule has 0 radical (unpaired) electrons. The van der Waals surface area contributed by atoms with E-state index < -0.39 is 46.7 Å². The normalized spacial score (nSPS) is 13.4. The number of imide groups is 1. The Morgan fingerprint density at radius 2 is 1.20 bits per heavy atom. The van der Waals surface area contributed by atoms with Crippen molar-refractivity contribution >= 4 is 46.4 Å². The van der Waals surface area contributed by atoms with Crippen molar-refractivity contribution in [3.05, 3.63) is 41.5 Å². The molecule has 220 valence electrons. The summed E-state index contributed by atoms with van der Waals surface area (Å²) in [4.78, 5) is 67.5. The summed E-state index contributed by atoms with van der Waals surface area (Å²) < 4.78 is 27.5. The molecule has 41 heavy (non-hydrogen) atoms. The SMILES string of the molecule is COc1cccc2c(OC(=O)OC(C)(C)C)c3c(c(N(C(=O)OC(C)(C)C)C(=O)OC(C)(C)C)c12)C(=O)C=CC3=O. The third-order valence-corrected chi connectivity index (χ3v) is 5.27. The highest BCUT2D eigenvalue weighted by Crippen LogP contribution is 2.47. The Kier molecular flexibility index (Phi) is 8.25. The minimum atomic E-state index is -1.17. The fourth-order valence-electron chi connectivity index (χ4n) is 3.98. The van der Waals surface area contributed by atoms with Crippen molar-refractivity contribution in [3.8, 4) is 11.5 Å². The number of hydrogen-bond donors (Lipinski definition) is 0. The molecule has 0 saturated carbocycles. The number of ketones is 2. The van der Waals surface area contributed by atoms with Gasteiger partial charge in [-0.2, -0.15) is 4.90 Å². The van der Waals surface area contributed by atoms with Crippen molar-refractivity contribution in [1.29, 1.82) is 0 Å². The second-order valence-corrected chi connectivity index (χ2v) is 12.2. The van der Waals surface area contributed by atoms with E-state index in [1.54, 1.807) is 68.4 Å². The minimum Gasteiger partial charge on any atom is -0.496 e. The monoisotopic (exact) mass is 569 g/mol.